The topological polar surface area (TPSA) is 45.0 Å². The highest BCUT2D eigenvalue weighted by molar-refractivity contribution is 5.26. The summed E-state index contributed by atoms with van der Waals surface area (Å²) in [5, 5.41) is 12.0. The molecule has 0 fully saturated rings. The second-order valence-electron chi connectivity index (χ2n) is 4.07. The molecule has 0 aliphatic rings. The van der Waals surface area contributed by atoms with Gasteiger partial charge in [-0.3, -0.25) is 0 Å². The summed E-state index contributed by atoms with van der Waals surface area (Å²) in [4.78, 5) is 0. The Balaban J connectivity index is 2.49. The lowest BCUT2D eigenvalue weighted by Crippen LogP contribution is -2.20. The fourth-order valence-electron chi connectivity index (χ4n) is 1.55. The minimum absolute atomic E-state index is 0.0501. The molecule has 0 amide bonds. The van der Waals surface area contributed by atoms with Gasteiger partial charge < -0.3 is 10.1 Å². The Morgan fingerprint density at radius 1 is 1.35 bits per heavy atom. The van der Waals surface area contributed by atoms with Crippen LogP contribution in [0.4, 0.5) is 0 Å². The van der Waals surface area contributed by atoms with Gasteiger partial charge in [-0.1, -0.05) is 24.3 Å². The van der Waals surface area contributed by atoms with E-state index in [2.05, 4.69) is 23.5 Å². The zero-order valence-electron chi connectivity index (χ0n) is 10.6. The standard InChI is InChI=1S/C14H20N2O/c1-3-17-11-14-7-5-4-6-13(14)10-16-9-12(2)8-15/h4-7,12,16H,3,9-11H2,1-2H3. The minimum atomic E-state index is 0.0501. The van der Waals surface area contributed by atoms with E-state index in [0.717, 1.165) is 19.7 Å². The quantitative estimate of drug-likeness (QED) is 0.785. The first-order chi connectivity index (χ1) is 8.27. The fourth-order valence-corrected chi connectivity index (χ4v) is 1.55. The Kier molecular flexibility index (Phi) is 6.31. The Labute approximate surface area is 103 Å². The molecule has 0 spiro atoms. The fraction of sp³-hybridized carbons (Fsp3) is 0.500. The molecule has 0 heterocycles. The summed E-state index contributed by atoms with van der Waals surface area (Å²) in [6.45, 7) is 6.80. The number of nitrogens with one attached hydrogen (secondary N) is 1. The number of rotatable bonds is 7. The average Bonchev–Trinajstić information content (AvgIpc) is 2.37. The van der Waals surface area contributed by atoms with E-state index >= 15 is 0 Å². The van der Waals surface area contributed by atoms with Gasteiger partial charge in [0.15, 0.2) is 0 Å². The van der Waals surface area contributed by atoms with E-state index in [1.807, 2.05) is 26.0 Å². The number of benzene rings is 1. The largest absolute Gasteiger partial charge is 0.377 e. The summed E-state index contributed by atoms with van der Waals surface area (Å²) in [5.41, 5.74) is 2.46. The van der Waals surface area contributed by atoms with Crippen LogP contribution in [0.2, 0.25) is 0 Å². The lowest BCUT2D eigenvalue weighted by molar-refractivity contribution is 0.133. The number of nitriles is 1. The first-order valence-electron chi connectivity index (χ1n) is 6.02. The van der Waals surface area contributed by atoms with E-state index in [4.69, 9.17) is 10.00 Å². The number of nitrogens with zero attached hydrogens (tertiary/aromatic N) is 1. The highest BCUT2D eigenvalue weighted by Crippen LogP contribution is 2.10. The van der Waals surface area contributed by atoms with Crippen molar-refractivity contribution in [3.8, 4) is 6.07 Å². The molecule has 0 radical (unpaired) electrons. The van der Waals surface area contributed by atoms with Crippen LogP contribution in [0, 0.1) is 17.2 Å². The second-order valence-corrected chi connectivity index (χ2v) is 4.07. The van der Waals surface area contributed by atoms with E-state index in [1.165, 1.54) is 11.1 Å². The van der Waals surface area contributed by atoms with Gasteiger partial charge in [0.25, 0.3) is 0 Å². The monoisotopic (exact) mass is 232 g/mol. The Bertz CT molecular complexity index is 371. The molecule has 1 aromatic carbocycles. The zero-order valence-corrected chi connectivity index (χ0v) is 10.6. The number of hydrogen-bond acceptors (Lipinski definition) is 3. The molecule has 0 aliphatic carbocycles. The highest BCUT2D eigenvalue weighted by Gasteiger charge is 2.03. The van der Waals surface area contributed by atoms with Gasteiger partial charge in [0.2, 0.25) is 0 Å². The van der Waals surface area contributed by atoms with Crippen molar-refractivity contribution in [3.05, 3.63) is 35.4 Å². The molecule has 0 saturated heterocycles. The van der Waals surface area contributed by atoms with Gasteiger partial charge in [-0.2, -0.15) is 5.26 Å². The smallest absolute Gasteiger partial charge is 0.0719 e. The maximum absolute atomic E-state index is 8.69. The van der Waals surface area contributed by atoms with E-state index < -0.39 is 0 Å². The summed E-state index contributed by atoms with van der Waals surface area (Å²) in [6.07, 6.45) is 0. The van der Waals surface area contributed by atoms with Gasteiger partial charge in [-0.25, -0.2) is 0 Å². The lowest BCUT2D eigenvalue weighted by atomic mass is 10.1. The molecule has 0 saturated carbocycles. The van der Waals surface area contributed by atoms with Gasteiger partial charge in [0, 0.05) is 19.7 Å². The van der Waals surface area contributed by atoms with Gasteiger partial charge >= 0.3 is 0 Å². The third-order valence-electron chi connectivity index (χ3n) is 2.57. The summed E-state index contributed by atoms with van der Waals surface area (Å²) >= 11 is 0. The summed E-state index contributed by atoms with van der Waals surface area (Å²) in [7, 11) is 0. The van der Waals surface area contributed by atoms with E-state index in [-0.39, 0.29) is 5.92 Å². The summed E-state index contributed by atoms with van der Waals surface area (Å²) in [6, 6.07) is 10.4. The summed E-state index contributed by atoms with van der Waals surface area (Å²) < 4.78 is 5.43. The number of ether oxygens (including phenoxy) is 1. The minimum Gasteiger partial charge on any atom is -0.377 e. The molecule has 1 aromatic rings. The molecular formula is C14H20N2O. The molecule has 3 heteroatoms. The van der Waals surface area contributed by atoms with Gasteiger partial charge in [0.1, 0.15) is 0 Å². The first kappa shape index (κ1) is 13.7. The van der Waals surface area contributed by atoms with Crippen molar-refractivity contribution in [2.45, 2.75) is 27.0 Å². The molecular weight excluding hydrogens is 212 g/mol. The molecule has 92 valence electrons. The van der Waals surface area contributed by atoms with Crippen LogP contribution >= 0.6 is 0 Å². The molecule has 3 nitrogen and oxygen atoms in total. The van der Waals surface area contributed by atoms with Crippen LogP contribution in [0.25, 0.3) is 0 Å². The van der Waals surface area contributed by atoms with Gasteiger partial charge in [-0.05, 0) is 25.0 Å². The summed E-state index contributed by atoms with van der Waals surface area (Å²) in [5.74, 6) is 0.0501. The maximum Gasteiger partial charge on any atom is 0.0719 e. The molecule has 0 aliphatic heterocycles. The first-order valence-corrected chi connectivity index (χ1v) is 6.02. The van der Waals surface area contributed by atoms with Gasteiger partial charge in [-0.15, -0.1) is 0 Å². The van der Waals surface area contributed by atoms with E-state index in [0.29, 0.717) is 6.61 Å². The average molecular weight is 232 g/mol. The van der Waals surface area contributed by atoms with Crippen LogP contribution in [-0.2, 0) is 17.9 Å². The Hall–Kier alpha value is -1.37. The second kappa shape index (κ2) is 7.83. The molecule has 0 aromatic heterocycles. The number of hydrogen-bond donors (Lipinski definition) is 1. The highest BCUT2D eigenvalue weighted by atomic mass is 16.5. The van der Waals surface area contributed by atoms with Crippen molar-refractivity contribution in [2.24, 2.45) is 5.92 Å². The van der Waals surface area contributed by atoms with Crippen molar-refractivity contribution in [1.82, 2.24) is 5.32 Å². The van der Waals surface area contributed by atoms with Crippen molar-refractivity contribution < 1.29 is 4.74 Å². The molecule has 1 rings (SSSR count). The molecule has 1 atom stereocenters. The van der Waals surface area contributed by atoms with Crippen molar-refractivity contribution in [2.75, 3.05) is 13.2 Å². The van der Waals surface area contributed by atoms with Crippen LogP contribution < -0.4 is 5.32 Å². The Morgan fingerprint density at radius 2 is 2.06 bits per heavy atom. The SMILES string of the molecule is CCOCc1ccccc1CNCC(C)C#N. The third kappa shape index (κ3) is 4.99. The molecule has 0 bridgehead atoms. The van der Waals surface area contributed by atoms with Crippen LogP contribution in [0.3, 0.4) is 0 Å². The van der Waals surface area contributed by atoms with Gasteiger partial charge in [0.05, 0.1) is 18.6 Å². The van der Waals surface area contributed by atoms with E-state index in [1.54, 1.807) is 0 Å². The Morgan fingerprint density at radius 3 is 2.71 bits per heavy atom. The van der Waals surface area contributed by atoms with Crippen molar-refractivity contribution in [3.63, 3.8) is 0 Å². The van der Waals surface area contributed by atoms with Crippen molar-refractivity contribution in [1.29, 1.82) is 5.26 Å². The normalized spacial score (nSPS) is 12.1. The predicted molar refractivity (Wildman–Crippen MR) is 68.3 cm³/mol. The maximum atomic E-state index is 8.69. The predicted octanol–water partition coefficient (Wildman–Crippen LogP) is 2.47. The lowest BCUT2D eigenvalue weighted by Gasteiger charge is -2.11. The van der Waals surface area contributed by atoms with Crippen molar-refractivity contribution >= 4 is 0 Å². The van der Waals surface area contributed by atoms with E-state index in [9.17, 15) is 0 Å². The third-order valence-corrected chi connectivity index (χ3v) is 2.57. The molecule has 1 N–H and O–H groups in total. The van der Waals surface area contributed by atoms with Crippen LogP contribution in [0.15, 0.2) is 24.3 Å². The molecule has 1 unspecified atom stereocenters. The van der Waals surface area contributed by atoms with Crippen LogP contribution in [-0.4, -0.2) is 13.2 Å². The molecule has 17 heavy (non-hydrogen) atoms. The zero-order chi connectivity index (χ0) is 12.5. The van der Waals surface area contributed by atoms with Crippen LogP contribution in [0.5, 0.6) is 0 Å². The van der Waals surface area contributed by atoms with Crippen LogP contribution in [0.1, 0.15) is 25.0 Å².